The number of fused-ring (bicyclic) bond motifs is 1. The highest BCUT2D eigenvalue weighted by atomic mass is 35.5. The van der Waals surface area contributed by atoms with Gasteiger partial charge in [-0.25, -0.2) is 0 Å². The van der Waals surface area contributed by atoms with E-state index in [1.807, 2.05) is 24.3 Å². The summed E-state index contributed by atoms with van der Waals surface area (Å²) in [7, 11) is 0. The number of benzene rings is 1. The van der Waals surface area contributed by atoms with Gasteiger partial charge in [0.05, 0.1) is 6.26 Å². The van der Waals surface area contributed by atoms with Crippen molar-refractivity contribution in [2.45, 2.75) is 6.42 Å². The van der Waals surface area contributed by atoms with Crippen molar-refractivity contribution in [2.75, 3.05) is 6.54 Å². The van der Waals surface area contributed by atoms with Gasteiger partial charge in [-0.2, -0.15) is 0 Å². The van der Waals surface area contributed by atoms with Gasteiger partial charge < -0.3 is 4.42 Å². The van der Waals surface area contributed by atoms with Crippen molar-refractivity contribution < 1.29 is 14.0 Å². The molecule has 0 radical (unpaired) electrons. The number of carbonyl (C=O) groups excluding carboxylic acids is 2. The molecule has 1 aromatic heterocycles. The molecule has 106 valence electrons. The first-order valence-corrected chi connectivity index (χ1v) is 6.90. The summed E-state index contributed by atoms with van der Waals surface area (Å²) in [5, 5.41) is 1.02. The second-order valence-electron chi connectivity index (χ2n) is 4.66. The smallest absolute Gasteiger partial charge is 0.271 e. The SMILES string of the molecule is O=C(/C=C/c1coc2ccccc12)N1CCC=C(Cl)C1=O. The summed E-state index contributed by atoms with van der Waals surface area (Å²) in [5.41, 5.74) is 1.55. The Bertz CT molecular complexity index is 773. The van der Waals surface area contributed by atoms with E-state index in [9.17, 15) is 9.59 Å². The van der Waals surface area contributed by atoms with Crippen molar-refractivity contribution in [1.29, 1.82) is 0 Å². The first kappa shape index (κ1) is 13.6. The molecule has 0 saturated heterocycles. The summed E-state index contributed by atoms with van der Waals surface area (Å²) in [6.07, 6.45) is 6.80. The van der Waals surface area contributed by atoms with E-state index in [2.05, 4.69) is 0 Å². The number of carbonyl (C=O) groups is 2. The van der Waals surface area contributed by atoms with Gasteiger partial charge in [-0.05, 0) is 18.6 Å². The number of furan rings is 1. The van der Waals surface area contributed by atoms with Crippen LogP contribution in [0.3, 0.4) is 0 Å². The summed E-state index contributed by atoms with van der Waals surface area (Å²) in [6.45, 7) is 0.352. The van der Waals surface area contributed by atoms with Crippen LogP contribution in [0.15, 0.2) is 52.1 Å². The fraction of sp³-hybridized carbons (Fsp3) is 0.125. The summed E-state index contributed by atoms with van der Waals surface area (Å²) >= 11 is 5.76. The topological polar surface area (TPSA) is 50.5 Å². The zero-order chi connectivity index (χ0) is 14.8. The van der Waals surface area contributed by atoms with Gasteiger partial charge >= 0.3 is 0 Å². The molecule has 2 heterocycles. The Morgan fingerprint density at radius 2 is 2.14 bits per heavy atom. The van der Waals surface area contributed by atoms with Gasteiger partial charge in [0.15, 0.2) is 0 Å². The van der Waals surface area contributed by atoms with Gasteiger partial charge in [-0.1, -0.05) is 35.9 Å². The number of hydrogen-bond acceptors (Lipinski definition) is 3. The molecular weight excluding hydrogens is 290 g/mol. The highest BCUT2D eigenvalue weighted by Gasteiger charge is 2.24. The van der Waals surface area contributed by atoms with E-state index in [0.717, 1.165) is 21.4 Å². The Hall–Kier alpha value is -2.33. The number of nitrogens with zero attached hydrogens (tertiary/aromatic N) is 1. The largest absolute Gasteiger partial charge is 0.464 e. The molecule has 3 rings (SSSR count). The lowest BCUT2D eigenvalue weighted by Gasteiger charge is -2.21. The van der Waals surface area contributed by atoms with E-state index in [1.165, 1.54) is 6.08 Å². The lowest BCUT2D eigenvalue weighted by atomic mass is 10.1. The Labute approximate surface area is 126 Å². The van der Waals surface area contributed by atoms with E-state index in [1.54, 1.807) is 18.4 Å². The Balaban J connectivity index is 1.81. The standard InChI is InChI=1S/C16H12ClNO3/c17-13-5-3-9-18(16(13)20)15(19)8-7-11-10-21-14-6-2-1-4-12(11)14/h1-2,4-8,10H,3,9H2/b8-7+. The van der Waals surface area contributed by atoms with Crippen LogP contribution in [0.4, 0.5) is 0 Å². The number of halogens is 1. The summed E-state index contributed by atoms with van der Waals surface area (Å²) < 4.78 is 5.39. The highest BCUT2D eigenvalue weighted by Crippen LogP contribution is 2.22. The minimum absolute atomic E-state index is 0.0942. The third-order valence-electron chi connectivity index (χ3n) is 3.31. The van der Waals surface area contributed by atoms with Crippen LogP contribution in [0, 0.1) is 0 Å². The number of rotatable bonds is 2. The van der Waals surface area contributed by atoms with Crippen LogP contribution in [0.25, 0.3) is 17.0 Å². The molecule has 0 bridgehead atoms. The number of para-hydroxylation sites is 1. The van der Waals surface area contributed by atoms with E-state index >= 15 is 0 Å². The van der Waals surface area contributed by atoms with Crippen molar-refractivity contribution in [3.05, 3.63) is 53.3 Å². The van der Waals surface area contributed by atoms with Crippen molar-refractivity contribution in [1.82, 2.24) is 4.90 Å². The minimum Gasteiger partial charge on any atom is -0.464 e. The molecule has 0 spiro atoms. The zero-order valence-electron chi connectivity index (χ0n) is 11.1. The average Bonchev–Trinajstić information content (AvgIpc) is 2.91. The van der Waals surface area contributed by atoms with E-state index in [4.69, 9.17) is 16.0 Å². The monoisotopic (exact) mass is 301 g/mol. The number of hydrogen-bond donors (Lipinski definition) is 0. The molecule has 21 heavy (non-hydrogen) atoms. The van der Waals surface area contributed by atoms with Crippen molar-refractivity contribution in [3.8, 4) is 0 Å². The van der Waals surface area contributed by atoms with Gasteiger partial charge in [0.25, 0.3) is 11.8 Å². The average molecular weight is 302 g/mol. The van der Waals surface area contributed by atoms with Crippen molar-refractivity contribution >= 4 is 40.5 Å². The number of imide groups is 1. The van der Waals surface area contributed by atoms with Crippen LogP contribution < -0.4 is 0 Å². The van der Waals surface area contributed by atoms with Crippen molar-refractivity contribution in [3.63, 3.8) is 0 Å². The molecule has 0 fully saturated rings. The molecule has 1 aliphatic heterocycles. The molecule has 2 aromatic rings. The van der Waals surface area contributed by atoms with Crippen molar-refractivity contribution in [2.24, 2.45) is 0 Å². The number of amides is 2. The fourth-order valence-corrected chi connectivity index (χ4v) is 2.44. The molecule has 1 aromatic carbocycles. The van der Waals surface area contributed by atoms with Gasteiger partial charge in [0, 0.05) is 23.6 Å². The molecule has 0 saturated carbocycles. The first-order chi connectivity index (χ1) is 10.2. The van der Waals surface area contributed by atoms with Crippen LogP contribution >= 0.6 is 11.6 Å². The van der Waals surface area contributed by atoms with Gasteiger partial charge in [0.2, 0.25) is 0 Å². The minimum atomic E-state index is -0.449. The Kier molecular flexibility index (Phi) is 3.62. The van der Waals surface area contributed by atoms with E-state index < -0.39 is 5.91 Å². The van der Waals surface area contributed by atoms with Gasteiger partial charge in [0.1, 0.15) is 10.6 Å². The maximum Gasteiger partial charge on any atom is 0.271 e. The fourth-order valence-electron chi connectivity index (χ4n) is 2.23. The summed E-state index contributed by atoms with van der Waals surface area (Å²) in [4.78, 5) is 25.0. The maximum absolute atomic E-state index is 12.1. The second kappa shape index (κ2) is 5.58. The lowest BCUT2D eigenvalue weighted by Crippen LogP contribution is -2.38. The van der Waals surface area contributed by atoms with Gasteiger partial charge in [-0.3, -0.25) is 14.5 Å². The first-order valence-electron chi connectivity index (χ1n) is 6.52. The van der Waals surface area contributed by atoms with Crippen LogP contribution in [-0.2, 0) is 9.59 Å². The predicted octanol–water partition coefficient (Wildman–Crippen LogP) is 3.33. The summed E-state index contributed by atoms with van der Waals surface area (Å²) in [6, 6.07) is 7.54. The third kappa shape index (κ3) is 2.62. The molecule has 0 N–H and O–H groups in total. The van der Waals surface area contributed by atoms with E-state index in [-0.39, 0.29) is 10.9 Å². The molecule has 5 heteroatoms. The van der Waals surface area contributed by atoms with Crippen LogP contribution in [0.5, 0.6) is 0 Å². The molecular formula is C16H12ClNO3. The molecule has 1 aliphatic rings. The molecule has 2 amide bonds. The molecule has 4 nitrogen and oxygen atoms in total. The molecule has 0 aliphatic carbocycles. The zero-order valence-corrected chi connectivity index (χ0v) is 11.8. The quantitative estimate of drug-likeness (QED) is 0.800. The van der Waals surface area contributed by atoms with Crippen LogP contribution in [-0.4, -0.2) is 23.3 Å². The van der Waals surface area contributed by atoms with Crippen LogP contribution in [0.1, 0.15) is 12.0 Å². The molecule has 0 unspecified atom stereocenters. The predicted molar refractivity (Wildman–Crippen MR) is 80.5 cm³/mol. The Morgan fingerprint density at radius 1 is 1.33 bits per heavy atom. The van der Waals surface area contributed by atoms with E-state index in [0.29, 0.717) is 13.0 Å². The summed E-state index contributed by atoms with van der Waals surface area (Å²) in [5.74, 6) is -0.828. The normalized spacial score (nSPS) is 15.8. The molecule has 0 atom stereocenters. The lowest BCUT2D eigenvalue weighted by molar-refractivity contribution is -0.139. The van der Waals surface area contributed by atoms with Gasteiger partial charge in [-0.15, -0.1) is 0 Å². The highest BCUT2D eigenvalue weighted by molar-refractivity contribution is 6.43. The maximum atomic E-state index is 12.1. The third-order valence-corrected chi connectivity index (χ3v) is 3.62. The van der Waals surface area contributed by atoms with Crippen LogP contribution in [0.2, 0.25) is 0 Å². The second-order valence-corrected chi connectivity index (χ2v) is 5.06. The Morgan fingerprint density at radius 3 is 3.00 bits per heavy atom.